The molecule has 0 aliphatic rings. The lowest BCUT2D eigenvalue weighted by atomic mass is 9.86. The van der Waals surface area contributed by atoms with Crippen LogP contribution >= 0.6 is 11.6 Å². The second-order valence-corrected chi connectivity index (χ2v) is 6.76. The summed E-state index contributed by atoms with van der Waals surface area (Å²) < 4.78 is 0. The molecule has 0 fully saturated rings. The average Bonchev–Trinajstić information content (AvgIpc) is 2.48. The van der Waals surface area contributed by atoms with Crippen molar-refractivity contribution in [1.82, 2.24) is 0 Å². The Bertz CT molecular complexity index is 813. The number of anilines is 1. The van der Waals surface area contributed by atoms with Crippen LogP contribution in [0, 0.1) is 10.1 Å². The summed E-state index contributed by atoms with van der Waals surface area (Å²) in [6, 6.07) is 8.58. The van der Waals surface area contributed by atoms with Gasteiger partial charge in [-0.25, -0.2) is 0 Å². The van der Waals surface area contributed by atoms with Gasteiger partial charge in [0.15, 0.2) is 0 Å². The number of phenolic OH excluding ortho intramolecular Hbond substituents is 1. The maximum Gasteiger partial charge on any atom is 0.271 e. The third-order valence-electron chi connectivity index (χ3n) is 3.52. The van der Waals surface area contributed by atoms with Gasteiger partial charge in [-0.3, -0.25) is 14.9 Å². The van der Waals surface area contributed by atoms with Crippen LogP contribution in [0.4, 0.5) is 11.4 Å². The number of benzene rings is 2. The summed E-state index contributed by atoms with van der Waals surface area (Å²) in [5, 5.41) is 23.3. The highest BCUT2D eigenvalue weighted by Gasteiger charge is 2.19. The Morgan fingerprint density at radius 3 is 2.42 bits per heavy atom. The van der Waals surface area contributed by atoms with Crippen LogP contribution in [0.2, 0.25) is 5.02 Å². The summed E-state index contributed by atoms with van der Waals surface area (Å²) in [7, 11) is 0. The number of nitro benzene ring substituents is 1. The fourth-order valence-electron chi connectivity index (χ4n) is 2.09. The van der Waals surface area contributed by atoms with Crippen molar-refractivity contribution < 1.29 is 14.8 Å². The van der Waals surface area contributed by atoms with Gasteiger partial charge in [0.05, 0.1) is 21.2 Å². The molecule has 0 aromatic heterocycles. The van der Waals surface area contributed by atoms with Gasteiger partial charge in [0.25, 0.3) is 11.6 Å². The maximum absolute atomic E-state index is 12.4. The van der Waals surface area contributed by atoms with Gasteiger partial charge in [-0.05, 0) is 29.2 Å². The Hall–Kier alpha value is -2.60. The number of carbonyl (C=O) groups is 1. The number of aromatic hydroxyl groups is 1. The number of amides is 1. The van der Waals surface area contributed by atoms with Gasteiger partial charge < -0.3 is 10.4 Å². The average molecular weight is 349 g/mol. The molecule has 0 heterocycles. The zero-order valence-electron chi connectivity index (χ0n) is 13.5. The fraction of sp³-hybridized carbons (Fsp3) is 0.235. The summed E-state index contributed by atoms with van der Waals surface area (Å²) in [5.74, 6) is -0.701. The molecule has 7 heteroatoms. The standard InChI is InChI=1S/C17H17ClN2O4/c1-17(2,3)10-4-7-15(21)12(8-10)16(22)19-14-6-5-11(20(23)24)9-13(14)18/h4-9,21H,1-3H3,(H,19,22). The highest BCUT2D eigenvalue weighted by molar-refractivity contribution is 6.34. The summed E-state index contributed by atoms with van der Waals surface area (Å²) in [6.07, 6.45) is 0. The number of nitro groups is 1. The quantitative estimate of drug-likeness (QED) is 0.630. The van der Waals surface area contributed by atoms with E-state index in [0.29, 0.717) is 0 Å². The van der Waals surface area contributed by atoms with Crippen LogP contribution in [0.5, 0.6) is 5.75 Å². The van der Waals surface area contributed by atoms with Crippen molar-refractivity contribution in [3.05, 3.63) is 62.7 Å². The van der Waals surface area contributed by atoms with E-state index in [9.17, 15) is 20.0 Å². The molecule has 0 atom stereocenters. The molecular formula is C17H17ClN2O4. The SMILES string of the molecule is CC(C)(C)c1ccc(O)c(C(=O)Nc2ccc([N+](=O)[O-])cc2Cl)c1. The van der Waals surface area contributed by atoms with Crippen LogP contribution in [-0.2, 0) is 5.41 Å². The van der Waals surface area contributed by atoms with Crippen molar-refractivity contribution in [2.45, 2.75) is 26.2 Å². The Balaban J connectivity index is 2.32. The Kier molecular flexibility index (Phi) is 4.80. The van der Waals surface area contributed by atoms with Gasteiger partial charge >= 0.3 is 0 Å². The summed E-state index contributed by atoms with van der Waals surface area (Å²) in [5.41, 5.74) is 0.869. The highest BCUT2D eigenvalue weighted by Crippen LogP contribution is 2.30. The van der Waals surface area contributed by atoms with Crippen molar-refractivity contribution in [3.8, 4) is 5.75 Å². The minimum absolute atomic E-state index is 0.0454. The van der Waals surface area contributed by atoms with Crippen LogP contribution < -0.4 is 5.32 Å². The van der Waals surface area contributed by atoms with E-state index in [0.717, 1.165) is 11.6 Å². The van der Waals surface area contributed by atoms with Gasteiger partial charge in [-0.2, -0.15) is 0 Å². The molecule has 6 nitrogen and oxygen atoms in total. The summed E-state index contributed by atoms with van der Waals surface area (Å²) in [6.45, 7) is 5.98. The van der Waals surface area contributed by atoms with E-state index >= 15 is 0 Å². The van der Waals surface area contributed by atoms with E-state index < -0.39 is 10.8 Å². The maximum atomic E-state index is 12.4. The molecule has 0 unspecified atom stereocenters. The number of hydrogen-bond acceptors (Lipinski definition) is 4. The lowest BCUT2D eigenvalue weighted by Crippen LogP contribution is -2.16. The Morgan fingerprint density at radius 1 is 1.21 bits per heavy atom. The largest absolute Gasteiger partial charge is 0.507 e. The summed E-state index contributed by atoms with van der Waals surface area (Å²) >= 11 is 5.97. The topological polar surface area (TPSA) is 92.5 Å². The number of hydrogen-bond donors (Lipinski definition) is 2. The van der Waals surface area contributed by atoms with Gasteiger partial charge in [0, 0.05) is 12.1 Å². The van der Waals surface area contributed by atoms with E-state index in [-0.39, 0.29) is 33.1 Å². The van der Waals surface area contributed by atoms with E-state index in [1.54, 1.807) is 12.1 Å². The first-order valence-electron chi connectivity index (χ1n) is 7.18. The number of carbonyl (C=O) groups excluding carboxylic acids is 1. The van der Waals surface area contributed by atoms with Crippen LogP contribution in [-0.4, -0.2) is 15.9 Å². The van der Waals surface area contributed by atoms with E-state index in [1.165, 1.54) is 18.2 Å². The normalized spacial score (nSPS) is 11.2. The van der Waals surface area contributed by atoms with Crippen molar-refractivity contribution >= 4 is 28.9 Å². The summed E-state index contributed by atoms with van der Waals surface area (Å²) in [4.78, 5) is 22.6. The molecular weight excluding hydrogens is 332 g/mol. The third kappa shape index (κ3) is 3.83. The molecule has 126 valence electrons. The number of nitrogens with zero attached hydrogens (tertiary/aromatic N) is 1. The molecule has 0 saturated heterocycles. The van der Waals surface area contributed by atoms with E-state index in [1.807, 2.05) is 20.8 Å². The number of nitrogens with one attached hydrogen (secondary N) is 1. The molecule has 2 aromatic carbocycles. The van der Waals surface area contributed by atoms with Gasteiger partial charge in [-0.1, -0.05) is 38.4 Å². The molecule has 2 aromatic rings. The number of halogens is 1. The second kappa shape index (κ2) is 6.49. The molecule has 0 bridgehead atoms. The smallest absolute Gasteiger partial charge is 0.271 e. The molecule has 0 radical (unpaired) electrons. The minimum atomic E-state index is -0.573. The first-order valence-corrected chi connectivity index (χ1v) is 7.56. The van der Waals surface area contributed by atoms with Gasteiger partial charge in [0.1, 0.15) is 5.75 Å². The van der Waals surface area contributed by atoms with Crippen LogP contribution in [0.3, 0.4) is 0 Å². The Labute approximate surface area is 144 Å². The highest BCUT2D eigenvalue weighted by atomic mass is 35.5. The second-order valence-electron chi connectivity index (χ2n) is 6.36. The van der Waals surface area contributed by atoms with E-state index in [4.69, 9.17) is 11.6 Å². The third-order valence-corrected chi connectivity index (χ3v) is 3.83. The minimum Gasteiger partial charge on any atom is -0.507 e. The van der Waals surface area contributed by atoms with Gasteiger partial charge in [0.2, 0.25) is 0 Å². The van der Waals surface area contributed by atoms with Gasteiger partial charge in [-0.15, -0.1) is 0 Å². The predicted octanol–water partition coefficient (Wildman–Crippen LogP) is 4.50. The predicted molar refractivity (Wildman–Crippen MR) is 92.9 cm³/mol. The first kappa shape index (κ1) is 17.7. The van der Waals surface area contributed by atoms with Crippen molar-refractivity contribution in [2.75, 3.05) is 5.32 Å². The number of rotatable bonds is 3. The first-order chi connectivity index (χ1) is 11.1. The molecule has 0 saturated carbocycles. The molecule has 0 aliphatic carbocycles. The number of phenols is 1. The van der Waals surface area contributed by atoms with Crippen molar-refractivity contribution in [2.24, 2.45) is 0 Å². The van der Waals surface area contributed by atoms with E-state index in [2.05, 4.69) is 5.32 Å². The lowest BCUT2D eigenvalue weighted by molar-refractivity contribution is -0.384. The van der Waals surface area contributed by atoms with Crippen molar-refractivity contribution in [1.29, 1.82) is 0 Å². The molecule has 0 aliphatic heterocycles. The van der Waals surface area contributed by atoms with Crippen LogP contribution in [0.15, 0.2) is 36.4 Å². The lowest BCUT2D eigenvalue weighted by Gasteiger charge is -2.20. The zero-order valence-corrected chi connectivity index (χ0v) is 14.2. The monoisotopic (exact) mass is 348 g/mol. The van der Waals surface area contributed by atoms with Crippen LogP contribution in [0.1, 0.15) is 36.7 Å². The Morgan fingerprint density at radius 2 is 1.88 bits per heavy atom. The molecule has 2 N–H and O–H groups in total. The molecule has 0 spiro atoms. The fourth-order valence-corrected chi connectivity index (χ4v) is 2.32. The molecule has 2 rings (SSSR count). The molecule has 24 heavy (non-hydrogen) atoms. The van der Waals surface area contributed by atoms with Crippen molar-refractivity contribution in [3.63, 3.8) is 0 Å². The van der Waals surface area contributed by atoms with Crippen LogP contribution in [0.25, 0.3) is 0 Å². The molecule has 1 amide bonds. The number of non-ortho nitro benzene ring substituents is 1. The zero-order chi connectivity index (χ0) is 18.1.